The first-order chi connectivity index (χ1) is 10.7. The van der Waals surface area contributed by atoms with Gasteiger partial charge in [0.05, 0.1) is 20.3 Å². The molecule has 5 heteroatoms. The summed E-state index contributed by atoms with van der Waals surface area (Å²) in [4.78, 5) is 0. The van der Waals surface area contributed by atoms with Gasteiger partial charge in [0, 0.05) is 23.1 Å². The lowest BCUT2D eigenvalue weighted by Crippen LogP contribution is -2.21. The van der Waals surface area contributed by atoms with Gasteiger partial charge in [-0.25, -0.2) is 0 Å². The summed E-state index contributed by atoms with van der Waals surface area (Å²) in [5.74, 6) is 1.38. The van der Waals surface area contributed by atoms with E-state index in [1.165, 1.54) is 0 Å². The fourth-order valence-corrected chi connectivity index (χ4v) is 2.76. The summed E-state index contributed by atoms with van der Waals surface area (Å²) in [5, 5.41) is 13.4. The number of hydrogen-bond donors (Lipinski definition) is 2. The molecule has 0 bridgehead atoms. The van der Waals surface area contributed by atoms with Crippen LogP contribution in [0.3, 0.4) is 0 Å². The normalized spacial score (nSPS) is 12.0. The smallest absolute Gasteiger partial charge is 0.165 e. The molecule has 0 saturated heterocycles. The molecule has 2 N–H and O–H groups in total. The molecule has 0 aliphatic carbocycles. The van der Waals surface area contributed by atoms with Gasteiger partial charge in [-0.3, -0.25) is 0 Å². The average Bonchev–Trinajstić information content (AvgIpc) is 2.55. The van der Waals surface area contributed by atoms with E-state index in [1.54, 1.807) is 14.2 Å². The number of halogens is 1. The predicted molar refractivity (Wildman–Crippen MR) is 90.4 cm³/mol. The van der Waals surface area contributed by atoms with E-state index in [4.69, 9.17) is 9.47 Å². The number of benzene rings is 2. The van der Waals surface area contributed by atoms with E-state index in [0.717, 1.165) is 15.6 Å². The highest BCUT2D eigenvalue weighted by Crippen LogP contribution is 2.34. The Morgan fingerprint density at radius 1 is 1.14 bits per heavy atom. The molecule has 0 fully saturated rings. The molecule has 0 aliphatic heterocycles. The zero-order chi connectivity index (χ0) is 15.9. The molecule has 0 saturated carbocycles. The Labute approximate surface area is 139 Å². The average molecular weight is 366 g/mol. The largest absolute Gasteiger partial charge is 0.493 e. The van der Waals surface area contributed by atoms with Crippen molar-refractivity contribution in [1.82, 2.24) is 5.32 Å². The lowest BCUT2D eigenvalue weighted by atomic mass is 10.1. The molecule has 2 rings (SSSR count). The number of aliphatic hydroxyl groups is 1. The minimum Gasteiger partial charge on any atom is -0.493 e. The van der Waals surface area contributed by atoms with Gasteiger partial charge in [0.1, 0.15) is 0 Å². The monoisotopic (exact) mass is 365 g/mol. The molecule has 1 unspecified atom stereocenters. The second kappa shape index (κ2) is 8.17. The Morgan fingerprint density at radius 3 is 2.50 bits per heavy atom. The summed E-state index contributed by atoms with van der Waals surface area (Å²) in [6.45, 7) is 1.03. The maximum Gasteiger partial charge on any atom is 0.165 e. The first kappa shape index (κ1) is 16.8. The minimum atomic E-state index is -0.541. The van der Waals surface area contributed by atoms with Crippen LogP contribution in [-0.2, 0) is 6.54 Å². The molecule has 0 heterocycles. The van der Waals surface area contributed by atoms with E-state index >= 15 is 0 Å². The SMILES string of the molecule is COc1cc(Br)cc(CNCC(O)c2ccccc2)c1OC. The zero-order valence-corrected chi connectivity index (χ0v) is 14.3. The van der Waals surface area contributed by atoms with Gasteiger partial charge in [0.25, 0.3) is 0 Å². The summed E-state index contributed by atoms with van der Waals surface area (Å²) in [5.41, 5.74) is 1.86. The minimum absolute atomic E-state index is 0.460. The topological polar surface area (TPSA) is 50.7 Å². The maximum absolute atomic E-state index is 10.2. The molecule has 1 atom stereocenters. The number of hydrogen-bond acceptors (Lipinski definition) is 4. The van der Waals surface area contributed by atoms with Crippen molar-refractivity contribution in [1.29, 1.82) is 0 Å². The van der Waals surface area contributed by atoms with Gasteiger partial charge >= 0.3 is 0 Å². The van der Waals surface area contributed by atoms with E-state index in [1.807, 2.05) is 42.5 Å². The van der Waals surface area contributed by atoms with Crippen molar-refractivity contribution in [2.24, 2.45) is 0 Å². The summed E-state index contributed by atoms with van der Waals surface area (Å²) in [6, 6.07) is 13.4. The summed E-state index contributed by atoms with van der Waals surface area (Å²) in [6.07, 6.45) is -0.541. The quantitative estimate of drug-likeness (QED) is 0.790. The Balaban J connectivity index is 2.01. The van der Waals surface area contributed by atoms with Gasteiger partial charge in [-0.15, -0.1) is 0 Å². The number of aliphatic hydroxyl groups excluding tert-OH is 1. The van der Waals surface area contributed by atoms with Crippen LogP contribution < -0.4 is 14.8 Å². The third-order valence-electron chi connectivity index (χ3n) is 3.36. The van der Waals surface area contributed by atoms with Gasteiger partial charge in [-0.1, -0.05) is 46.3 Å². The van der Waals surface area contributed by atoms with E-state index in [9.17, 15) is 5.11 Å². The second-order valence-corrected chi connectivity index (χ2v) is 5.77. The molecule has 0 amide bonds. The van der Waals surface area contributed by atoms with Crippen molar-refractivity contribution >= 4 is 15.9 Å². The molecule has 118 valence electrons. The first-order valence-corrected chi connectivity index (χ1v) is 7.79. The van der Waals surface area contributed by atoms with Crippen LogP contribution in [0.1, 0.15) is 17.2 Å². The molecule has 0 radical (unpaired) electrons. The molecular formula is C17H20BrNO3. The van der Waals surface area contributed by atoms with Crippen molar-refractivity contribution < 1.29 is 14.6 Å². The van der Waals surface area contributed by atoms with Crippen LogP contribution in [-0.4, -0.2) is 25.9 Å². The molecule has 4 nitrogen and oxygen atoms in total. The van der Waals surface area contributed by atoms with Crippen LogP contribution in [0.2, 0.25) is 0 Å². The Hall–Kier alpha value is -1.56. The van der Waals surface area contributed by atoms with Gasteiger partial charge in [-0.2, -0.15) is 0 Å². The molecule has 0 aromatic heterocycles. The van der Waals surface area contributed by atoms with Crippen molar-refractivity contribution in [3.05, 3.63) is 58.1 Å². The lowest BCUT2D eigenvalue weighted by Gasteiger charge is -2.16. The highest BCUT2D eigenvalue weighted by atomic mass is 79.9. The van der Waals surface area contributed by atoms with E-state index in [0.29, 0.717) is 24.6 Å². The Morgan fingerprint density at radius 2 is 1.86 bits per heavy atom. The summed E-state index contributed by atoms with van der Waals surface area (Å²) in [7, 11) is 3.23. The molecule has 22 heavy (non-hydrogen) atoms. The van der Waals surface area contributed by atoms with E-state index in [-0.39, 0.29) is 0 Å². The zero-order valence-electron chi connectivity index (χ0n) is 12.7. The molecule has 2 aromatic rings. The Bertz CT molecular complexity index is 604. The standard InChI is InChI=1S/C17H20BrNO3/c1-21-16-9-14(18)8-13(17(16)22-2)10-19-11-15(20)12-6-4-3-5-7-12/h3-9,15,19-20H,10-11H2,1-2H3. The summed E-state index contributed by atoms with van der Waals surface area (Å²) >= 11 is 3.46. The Kier molecular flexibility index (Phi) is 6.24. The highest BCUT2D eigenvalue weighted by Gasteiger charge is 2.12. The fraction of sp³-hybridized carbons (Fsp3) is 0.294. The van der Waals surface area contributed by atoms with Crippen molar-refractivity contribution in [3.63, 3.8) is 0 Å². The highest BCUT2D eigenvalue weighted by molar-refractivity contribution is 9.10. The van der Waals surface area contributed by atoms with Gasteiger partial charge < -0.3 is 19.9 Å². The van der Waals surface area contributed by atoms with Gasteiger partial charge in [0.2, 0.25) is 0 Å². The third-order valence-corrected chi connectivity index (χ3v) is 3.82. The fourth-order valence-electron chi connectivity index (χ4n) is 2.27. The summed E-state index contributed by atoms with van der Waals surface area (Å²) < 4.78 is 11.7. The van der Waals surface area contributed by atoms with Crippen LogP contribution in [0.15, 0.2) is 46.9 Å². The third kappa shape index (κ3) is 4.22. The van der Waals surface area contributed by atoms with Crippen molar-refractivity contribution in [2.45, 2.75) is 12.6 Å². The van der Waals surface area contributed by atoms with Gasteiger partial charge in [0.15, 0.2) is 11.5 Å². The molecular weight excluding hydrogens is 346 g/mol. The second-order valence-electron chi connectivity index (χ2n) is 4.86. The van der Waals surface area contributed by atoms with Crippen molar-refractivity contribution in [2.75, 3.05) is 20.8 Å². The van der Waals surface area contributed by atoms with Crippen LogP contribution in [0.4, 0.5) is 0 Å². The van der Waals surface area contributed by atoms with E-state index < -0.39 is 6.10 Å². The van der Waals surface area contributed by atoms with Crippen LogP contribution in [0, 0.1) is 0 Å². The van der Waals surface area contributed by atoms with Crippen LogP contribution in [0.25, 0.3) is 0 Å². The molecule has 2 aromatic carbocycles. The van der Waals surface area contributed by atoms with E-state index in [2.05, 4.69) is 21.2 Å². The lowest BCUT2D eigenvalue weighted by molar-refractivity contribution is 0.174. The van der Waals surface area contributed by atoms with Crippen LogP contribution >= 0.6 is 15.9 Å². The molecule has 0 aliphatic rings. The van der Waals surface area contributed by atoms with Crippen LogP contribution in [0.5, 0.6) is 11.5 Å². The number of methoxy groups -OCH3 is 2. The maximum atomic E-state index is 10.2. The first-order valence-electron chi connectivity index (χ1n) is 6.99. The number of rotatable bonds is 7. The molecule has 0 spiro atoms. The van der Waals surface area contributed by atoms with Gasteiger partial charge in [-0.05, 0) is 17.7 Å². The predicted octanol–water partition coefficient (Wildman–Crippen LogP) is 3.29. The number of nitrogens with one attached hydrogen (secondary N) is 1. The van der Waals surface area contributed by atoms with Crippen molar-refractivity contribution in [3.8, 4) is 11.5 Å². The number of ether oxygens (including phenoxy) is 2.